The maximum absolute atomic E-state index is 11.4. The van der Waals surface area contributed by atoms with Gasteiger partial charge in [-0.3, -0.25) is 13.6 Å². The SMILES string of the molecule is CCC12COP(=O)(OC1)OC2C. The Balaban J connectivity index is 2.26. The summed E-state index contributed by atoms with van der Waals surface area (Å²) >= 11 is 0. The van der Waals surface area contributed by atoms with Crippen molar-refractivity contribution in [3.05, 3.63) is 0 Å². The molecule has 0 spiro atoms. The van der Waals surface area contributed by atoms with Gasteiger partial charge in [0, 0.05) is 5.41 Å². The number of phosphoric acid groups is 1. The quantitative estimate of drug-likeness (QED) is 0.595. The fourth-order valence-electron chi connectivity index (χ4n) is 1.59. The van der Waals surface area contributed by atoms with E-state index in [0.717, 1.165) is 6.42 Å². The lowest BCUT2D eigenvalue weighted by Gasteiger charge is -2.48. The first-order chi connectivity index (χ1) is 5.60. The number of hydrogen-bond acceptors (Lipinski definition) is 4. The molecule has 0 amide bonds. The molecular formula is C7H13O4P. The Kier molecular flexibility index (Phi) is 1.85. The molecular weight excluding hydrogens is 179 g/mol. The monoisotopic (exact) mass is 192 g/mol. The second kappa shape index (κ2) is 2.55. The molecule has 1 atom stereocenters. The smallest absolute Gasteiger partial charge is 0.286 e. The summed E-state index contributed by atoms with van der Waals surface area (Å²) in [5.74, 6) is 0. The first-order valence-electron chi connectivity index (χ1n) is 4.18. The highest BCUT2D eigenvalue weighted by Gasteiger charge is 2.53. The topological polar surface area (TPSA) is 44.8 Å². The molecule has 3 fully saturated rings. The molecule has 12 heavy (non-hydrogen) atoms. The molecule has 70 valence electrons. The van der Waals surface area contributed by atoms with Crippen molar-refractivity contribution < 1.29 is 18.1 Å². The minimum Gasteiger partial charge on any atom is -0.286 e. The third-order valence-corrected chi connectivity index (χ3v) is 4.34. The summed E-state index contributed by atoms with van der Waals surface area (Å²) in [5.41, 5.74) is -0.0772. The van der Waals surface area contributed by atoms with Gasteiger partial charge in [0.05, 0.1) is 19.3 Å². The maximum atomic E-state index is 11.4. The van der Waals surface area contributed by atoms with Crippen molar-refractivity contribution in [1.29, 1.82) is 0 Å². The lowest BCUT2D eigenvalue weighted by molar-refractivity contribution is -0.134. The lowest BCUT2D eigenvalue weighted by atomic mass is 9.82. The molecule has 3 saturated heterocycles. The van der Waals surface area contributed by atoms with Crippen molar-refractivity contribution in [2.45, 2.75) is 26.4 Å². The van der Waals surface area contributed by atoms with Crippen molar-refractivity contribution in [1.82, 2.24) is 0 Å². The second-order valence-corrected chi connectivity index (χ2v) is 5.08. The third kappa shape index (κ3) is 1.06. The van der Waals surface area contributed by atoms with E-state index in [0.29, 0.717) is 13.2 Å². The number of rotatable bonds is 1. The minimum absolute atomic E-state index is 0.0177. The van der Waals surface area contributed by atoms with Crippen LogP contribution in [0.3, 0.4) is 0 Å². The van der Waals surface area contributed by atoms with E-state index in [1.165, 1.54) is 0 Å². The Morgan fingerprint density at radius 1 is 1.50 bits per heavy atom. The largest absolute Gasteiger partial charge is 0.475 e. The molecule has 0 aromatic carbocycles. The van der Waals surface area contributed by atoms with Crippen LogP contribution in [0.5, 0.6) is 0 Å². The molecule has 0 saturated carbocycles. The summed E-state index contributed by atoms with van der Waals surface area (Å²) in [6.07, 6.45) is 0.907. The van der Waals surface area contributed by atoms with Gasteiger partial charge in [-0.25, -0.2) is 4.57 Å². The van der Waals surface area contributed by atoms with Gasteiger partial charge in [-0.2, -0.15) is 0 Å². The highest BCUT2D eigenvalue weighted by atomic mass is 31.2. The number of phosphoric ester groups is 1. The van der Waals surface area contributed by atoms with Crippen molar-refractivity contribution in [2.24, 2.45) is 5.41 Å². The fraction of sp³-hybridized carbons (Fsp3) is 1.00. The highest BCUT2D eigenvalue weighted by molar-refractivity contribution is 7.48. The Morgan fingerprint density at radius 3 is 2.50 bits per heavy atom. The summed E-state index contributed by atoms with van der Waals surface area (Å²) in [4.78, 5) is 0. The fourth-order valence-corrected chi connectivity index (χ4v) is 3.22. The molecule has 2 bridgehead atoms. The Labute approximate surface area is 71.8 Å². The van der Waals surface area contributed by atoms with Crippen molar-refractivity contribution in [2.75, 3.05) is 13.2 Å². The van der Waals surface area contributed by atoms with Gasteiger partial charge in [0.1, 0.15) is 0 Å². The first-order valence-corrected chi connectivity index (χ1v) is 5.64. The molecule has 5 heteroatoms. The molecule has 0 aromatic rings. The van der Waals surface area contributed by atoms with Crippen LogP contribution in [0.4, 0.5) is 0 Å². The summed E-state index contributed by atoms with van der Waals surface area (Å²) in [6.45, 7) is 5.00. The summed E-state index contributed by atoms with van der Waals surface area (Å²) < 4.78 is 26.7. The predicted molar refractivity (Wildman–Crippen MR) is 42.8 cm³/mol. The Hall–Kier alpha value is 0.110. The van der Waals surface area contributed by atoms with Gasteiger partial charge >= 0.3 is 7.82 Å². The molecule has 0 aromatic heterocycles. The molecule has 0 N–H and O–H groups in total. The minimum atomic E-state index is -3.14. The molecule has 0 aliphatic carbocycles. The standard InChI is InChI=1S/C7H13O4P/c1-3-7-4-9-12(8,10-5-7)11-6(7)2/h6H,3-5H2,1-2H3. The van der Waals surface area contributed by atoms with Crippen molar-refractivity contribution in [3.63, 3.8) is 0 Å². The average molecular weight is 192 g/mol. The zero-order valence-corrected chi connectivity index (χ0v) is 8.17. The van der Waals surface area contributed by atoms with E-state index in [-0.39, 0.29) is 11.5 Å². The van der Waals surface area contributed by atoms with E-state index >= 15 is 0 Å². The van der Waals surface area contributed by atoms with Gasteiger partial charge in [-0.1, -0.05) is 6.92 Å². The van der Waals surface area contributed by atoms with Crippen molar-refractivity contribution >= 4 is 7.82 Å². The predicted octanol–water partition coefficient (Wildman–Crippen LogP) is 1.96. The van der Waals surface area contributed by atoms with Gasteiger partial charge in [-0.15, -0.1) is 0 Å². The Morgan fingerprint density at radius 2 is 2.08 bits per heavy atom. The van der Waals surface area contributed by atoms with Crippen LogP contribution >= 0.6 is 7.82 Å². The summed E-state index contributed by atoms with van der Waals surface area (Å²) in [7, 11) is -3.14. The van der Waals surface area contributed by atoms with E-state index < -0.39 is 7.82 Å². The molecule has 4 nitrogen and oxygen atoms in total. The highest BCUT2D eigenvalue weighted by Crippen LogP contribution is 2.63. The van der Waals surface area contributed by atoms with Crippen molar-refractivity contribution in [3.8, 4) is 0 Å². The normalized spacial score (nSPS) is 52.7. The van der Waals surface area contributed by atoms with Crippen LogP contribution in [0.2, 0.25) is 0 Å². The van der Waals surface area contributed by atoms with Gasteiger partial charge in [0.25, 0.3) is 0 Å². The molecule has 3 heterocycles. The van der Waals surface area contributed by atoms with Crippen LogP contribution in [-0.4, -0.2) is 19.3 Å². The van der Waals surface area contributed by atoms with Crippen LogP contribution in [-0.2, 0) is 18.1 Å². The average Bonchev–Trinajstić information content (AvgIpc) is 2.05. The molecule has 1 unspecified atom stereocenters. The zero-order chi connectivity index (χ0) is 8.82. The van der Waals surface area contributed by atoms with Gasteiger partial charge in [0.15, 0.2) is 0 Å². The summed E-state index contributed by atoms with van der Waals surface area (Å²) in [5, 5.41) is 0. The van der Waals surface area contributed by atoms with Crippen LogP contribution in [0.25, 0.3) is 0 Å². The number of hydrogen-bond donors (Lipinski definition) is 0. The molecule has 3 rings (SSSR count). The second-order valence-electron chi connectivity index (χ2n) is 3.46. The first kappa shape index (κ1) is 8.70. The molecule has 3 aliphatic heterocycles. The summed E-state index contributed by atoms with van der Waals surface area (Å²) in [6, 6.07) is 0. The van der Waals surface area contributed by atoms with Crippen LogP contribution in [0, 0.1) is 5.41 Å². The van der Waals surface area contributed by atoms with E-state index in [1.54, 1.807) is 0 Å². The maximum Gasteiger partial charge on any atom is 0.475 e. The van der Waals surface area contributed by atoms with E-state index in [9.17, 15) is 4.57 Å². The van der Waals surface area contributed by atoms with Gasteiger partial charge in [-0.05, 0) is 13.3 Å². The van der Waals surface area contributed by atoms with Crippen LogP contribution in [0.1, 0.15) is 20.3 Å². The van der Waals surface area contributed by atoms with Crippen LogP contribution in [0.15, 0.2) is 0 Å². The van der Waals surface area contributed by atoms with Gasteiger partial charge < -0.3 is 0 Å². The molecule has 0 radical (unpaired) electrons. The van der Waals surface area contributed by atoms with Crippen LogP contribution < -0.4 is 0 Å². The van der Waals surface area contributed by atoms with E-state index in [1.807, 2.05) is 6.92 Å². The number of fused-ring (bicyclic) bond motifs is 3. The zero-order valence-electron chi connectivity index (χ0n) is 7.28. The van der Waals surface area contributed by atoms with E-state index in [2.05, 4.69) is 6.92 Å². The third-order valence-electron chi connectivity index (χ3n) is 2.87. The molecule has 3 aliphatic rings. The lowest BCUT2D eigenvalue weighted by Crippen LogP contribution is -2.49. The Bertz CT molecular complexity index is 228. The van der Waals surface area contributed by atoms with Gasteiger partial charge in [0.2, 0.25) is 0 Å². The van der Waals surface area contributed by atoms with E-state index in [4.69, 9.17) is 13.6 Å².